The second-order valence-corrected chi connectivity index (χ2v) is 8.89. The van der Waals surface area contributed by atoms with Crippen molar-refractivity contribution in [3.63, 3.8) is 0 Å². The van der Waals surface area contributed by atoms with Gasteiger partial charge in [0.2, 0.25) is 11.8 Å². The molecule has 0 radical (unpaired) electrons. The molecule has 5 rings (SSSR count). The molecule has 1 aliphatic heterocycles. The first kappa shape index (κ1) is 20.1. The minimum Gasteiger partial charge on any atom is -0.352 e. The molecule has 1 unspecified atom stereocenters. The van der Waals surface area contributed by atoms with Crippen LogP contribution in [0.1, 0.15) is 35.8 Å². The number of nitrogens with one attached hydrogen (secondary N) is 3. The second-order valence-electron chi connectivity index (χ2n) is 8.89. The van der Waals surface area contributed by atoms with Crippen LogP contribution in [0, 0.1) is 23.5 Å². The Morgan fingerprint density at radius 2 is 1.10 bits per heavy atom. The van der Waals surface area contributed by atoms with Gasteiger partial charge in [0.05, 0.1) is 11.8 Å². The summed E-state index contributed by atoms with van der Waals surface area (Å²) < 4.78 is 26.2. The number of amides is 2. The van der Waals surface area contributed by atoms with E-state index in [9.17, 15) is 18.4 Å². The van der Waals surface area contributed by atoms with Crippen LogP contribution in [0.3, 0.4) is 0 Å². The average molecular weight is 425 g/mol. The van der Waals surface area contributed by atoms with E-state index in [4.69, 9.17) is 0 Å². The highest BCUT2D eigenvalue weighted by molar-refractivity contribution is 5.89. The van der Waals surface area contributed by atoms with Crippen molar-refractivity contribution < 1.29 is 18.4 Å². The molecule has 1 heterocycles. The van der Waals surface area contributed by atoms with Crippen LogP contribution >= 0.6 is 0 Å². The fourth-order valence-electron chi connectivity index (χ4n) is 4.68. The van der Waals surface area contributed by atoms with E-state index in [0.29, 0.717) is 13.1 Å². The summed E-state index contributed by atoms with van der Waals surface area (Å²) in [6, 6.07) is 12.8. The van der Waals surface area contributed by atoms with Crippen LogP contribution in [0.2, 0.25) is 0 Å². The molecule has 2 amide bonds. The van der Waals surface area contributed by atoms with Gasteiger partial charge in [-0.1, -0.05) is 24.3 Å². The van der Waals surface area contributed by atoms with E-state index in [-0.39, 0.29) is 47.4 Å². The van der Waals surface area contributed by atoms with E-state index in [1.54, 1.807) is 24.3 Å². The zero-order chi connectivity index (χ0) is 21.5. The lowest BCUT2D eigenvalue weighted by Crippen LogP contribution is -2.43. The van der Waals surface area contributed by atoms with Crippen molar-refractivity contribution in [3.8, 4) is 0 Å². The van der Waals surface area contributed by atoms with Gasteiger partial charge in [0.1, 0.15) is 11.6 Å². The molecule has 3 fully saturated rings. The number of rotatable bonds is 6. The van der Waals surface area contributed by atoms with Crippen molar-refractivity contribution in [3.05, 3.63) is 71.3 Å². The maximum absolute atomic E-state index is 13.1. The van der Waals surface area contributed by atoms with Crippen LogP contribution in [-0.4, -0.2) is 37.0 Å². The standard InChI is InChI=1S/C24H25F2N3O2/c25-15-5-1-13(2-6-15)17-9-21(17)28-23(30)19-11-27-12-20(19)24(31)29-22-10-18(22)14-3-7-16(26)8-4-14/h1-8,17-22,27H,9-12H2,(H,28,30)(H,29,31)/t17-,18-,19-,20?,21+,22+/m1/s1. The zero-order valence-electron chi connectivity index (χ0n) is 17.0. The minimum atomic E-state index is -0.405. The van der Waals surface area contributed by atoms with Gasteiger partial charge in [0.25, 0.3) is 0 Å². The monoisotopic (exact) mass is 425 g/mol. The Morgan fingerprint density at radius 3 is 1.48 bits per heavy atom. The number of halogens is 2. The third kappa shape index (κ3) is 4.32. The molecule has 6 atom stereocenters. The second kappa shape index (κ2) is 8.04. The van der Waals surface area contributed by atoms with Crippen LogP contribution < -0.4 is 16.0 Å². The zero-order valence-corrected chi connectivity index (χ0v) is 17.0. The summed E-state index contributed by atoms with van der Waals surface area (Å²) in [4.78, 5) is 25.7. The number of hydrogen-bond donors (Lipinski definition) is 3. The molecule has 0 bridgehead atoms. The molecule has 2 aromatic rings. The molecular formula is C24H25F2N3O2. The van der Waals surface area contributed by atoms with Gasteiger partial charge in [-0.2, -0.15) is 0 Å². The summed E-state index contributed by atoms with van der Waals surface area (Å²) in [6.45, 7) is 0.952. The Bertz CT molecular complexity index is 900. The Labute approximate surface area is 179 Å². The van der Waals surface area contributed by atoms with Gasteiger partial charge in [0.15, 0.2) is 0 Å². The molecule has 3 aliphatic rings. The molecule has 162 valence electrons. The topological polar surface area (TPSA) is 70.2 Å². The predicted molar refractivity (Wildman–Crippen MR) is 111 cm³/mol. The number of carbonyl (C=O) groups is 2. The Morgan fingerprint density at radius 1 is 0.710 bits per heavy atom. The third-order valence-corrected chi connectivity index (χ3v) is 6.72. The smallest absolute Gasteiger partial charge is 0.225 e. The summed E-state index contributed by atoms with van der Waals surface area (Å²) in [5.41, 5.74) is 2.04. The number of hydrogen-bond acceptors (Lipinski definition) is 3. The van der Waals surface area contributed by atoms with Gasteiger partial charge < -0.3 is 16.0 Å². The lowest BCUT2D eigenvalue weighted by molar-refractivity contribution is -0.133. The van der Waals surface area contributed by atoms with Crippen molar-refractivity contribution >= 4 is 11.8 Å². The fourth-order valence-corrected chi connectivity index (χ4v) is 4.68. The van der Waals surface area contributed by atoms with Gasteiger partial charge in [-0.05, 0) is 48.2 Å². The molecule has 5 nitrogen and oxygen atoms in total. The number of carbonyl (C=O) groups excluding carboxylic acids is 2. The van der Waals surface area contributed by atoms with Crippen molar-refractivity contribution in [1.82, 2.24) is 16.0 Å². The average Bonchev–Trinajstić information content (AvgIpc) is 3.64. The van der Waals surface area contributed by atoms with E-state index < -0.39 is 11.8 Å². The Kier molecular flexibility index (Phi) is 5.22. The summed E-state index contributed by atoms with van der Waals surface area (Å²) in [6.07, 6.45) is 1.66. The van der Waals surface area contributed by atoms with Gasteiger partial charge >= 0.3 is 0 Å². The molecule has 31 heavy (non-hydrogen) atoms. The third-order valence-electron chi connectivity index (χ3n) is 6.72. The fraction of sp³-hybridized carbons (Fsp3) is 0.417. The molecule has 0 spiro atoms. The normalized spacial score (nSPS) is 31.2. The molecule has 3 N–H and O–H groups in total. The van der Waals surface area contributed by atoms with Crippen molar-refractivity contribution in [2.45, 2.75) is 36.8 Å². The highest BCUT2D eigenvalue weighted by Gasteiger charge is 2.46. The quantitative estimate of drug-likeness (QED) is 0.666. The molecule has 1 saturated heterocycles. The van der Waals surface area contributed by atoms with Gasteiger partial charge in [-0.3, -0.25) is 9.59 Å². The van der Waals surface area contributed by atoms with Gasteiger partial charge in [0, 0.05) is 37.0 Å². The molecule has 7 heteroatoms. The van der Waals surface area contributed by atoms with E-state index >= 15 is 0 Å². The summed E-state index contributed by atoms with van der Waals surface area (Å²) in [5.74, 6) is -1.16. The van der Waals surface area contributed by atoms with Crippen molar-refractivity contribution in [2.75, 3.05) is 13.1 Å². The van der Waals surface area contributed by atoms with E-state index in [1.165, 1.54) is 24.3 Å². The first-order valence-electron chi connectivity index (χ1n) is 10.8. The molecular weight excluding hydrogens is 400 g/mol. The van der Waals surface area contributed by atoms with Crippen molar-refractivity contribution in [1.29, 1.82) is 0 Å². The van der Waals surface area contributed by atoms with Gasteiger partial charge in [-0.15, -0.1) is 0 Å². The number of benzene rings is 2. The maximum Gasteiger partial charge on any atom is 0.225 e. The first-order chi connectivity index (χ1) is 15.0. The summed E-state index contributed by atoms with van der Waals surface area (Å²) in [7, 11) is 0. The molecule has 0 aromatic heterocycles. The molecule has 2 aromatic carbocycles. The van der Waals surface area contributed by atoms with Gasteiger partial charge in [-0.25, -0.2) is 8.78 Å². The van der Waals surface area contributed by atoms with Crippen molar-refractivity contribution in [2.24, 2.45) is 11.8 Å². The Hall–Kier alpha value is -2.80. The molecule has 2 saturated carbocycles. The minimum absolute atomic E-state index is 0.0357. The highest BCUT2D eigenvalue weighted by Crippen LogP contribution is 2.42. The van der Waals surface area contributed by atoms with Crippen LogP contribution in [0.25, 0.3) is 0 Å². The summed E-state index contributed by atoms with van der Waals surface area (Å²) >= 11 is 0. The lowest BCUT2D eigenvalue weighted by Gasteiger charge is -2.18. The Balaban J connectivity index is 1.14. The largest absolute Gasteiger partial charge is 0.352 e. The SMILES string of the molecule is O=C(N[C@H]1C[C@@H]1c1ccc(F)cc1)C1CNC[C@H]1C(=O)N[C@H]1C[C@@H]1c1ccc(F)cc1. The first-order valence-corrected chi connectivity index (χ1v) is 10.8. The van der Waals surface area contributed by atoms with Crippen LogP contribution in [0.15, 0.2) is 48.5 Å². The van der Waals surface area contributed by atoms with E-state index in [0.717, 1.165) is 24.0 Å². The highest BCUT2D eigenvalue weighted by atomic mass is 19.1. The van der Waals surface area contributed by atoms with Crippen LogP contribution in [-0.2, 0) is 9.59 Å². The van der Waals surface area contributed by atoms with E-state index in [1.807, 2.05) is 0 Å². The lowest BCUT2D eigenvalue weighted by atomic mass is 9.94. The van der Waals surface area contributed by atoms with Crippen LogP contribution in [0.5, 0.6) is 0 Å². The summed E-state index contributed by atoms with van der Waals surface area (Å²) in [5, 5.41) is 9.29. The maximum atomic E-state index is 13.1. The van der Waals surface area contributed by atoms with Crippen LogP contribution in [0.4, 0.5) is 8.78 Å². The van der Waals surface area contributed by atoms with E-state index in [2.05, 4.69) is 16.0 Å². The predicted octanol–water partition coefficient (Wildman–Crippen LogP) is 2.44. The molecule has 2 aliphatic carbocycles.